The molecule has 0 aliphatic carbocycles. The molecule has 2 saturated heterocycles. The summed E-state index contributed by atoms with van der Waals surface area (Å²) in [5.74, 6) is 0. The predicted octanol–water partition coefficient (Wildman–Crippen LogP) is 1.33. The van der Waals surface area contributed by atoms with Gasteiger partial charge in [-0.2, -0.15) is 18.3 Å². The Bertz CT molecular complexity index is 472. The predicted molar refractivity (Wildman–Crippen MR) is 79.0 cm³/mol. The smallest absolute Gasteiger partial charge is 0.314 e. The Morgan fingerprint density at radius 3 is 2.59 bits per heavy atom. The van der Waals surface area contributed by atoms with Crippen LogP contribution < -0.4 is 5.32 Å². The van der Waals surface area contributed by atoms with E-state index in [1.807, 2.05) is 0 Å². The number of piperazine rings is 1. The third kappa shape index (κ3) is 4.13. The monoisotopic (exact) mass is 339 g/mol. The molecule has 0 bridgehead atoms. The lowest BCUT2D eigenvalue weighted by Gasteiger charge is -2.32. The van der Waals surface area contributed by atoms with E-state index in [1.165, 1.54) is 0 Å². The molecule has 2 fully saturated rings. The number of rotatable bonds is 3. The fourth-order valence-electron chi connectivity index (χ4n) is 3.13. The van der Waals surface area contributed by atoms with E-state index in [-0.39, 0.29) is 12.4 Å². The summed E-state index contributed by atoms with van der Waals surface area (Å²) in [5, 5.41) is 9.17. The van der Waals surface area contributed by atoms with Crippen LogP contribution in [0.25, 0.3) is 0 Å². The van der Waals surface area contributed by atoms with Crippen molar-refractivity contribution in [1.29, 1.82) is 0 Å². The summed E-state index contributed by atoms with van der Waals surface area (Å²) in [4.78, 5) is 4.67. The van der Waals surface area contributed by atoms with Gasteiger partial charge in [-0.05, 0) is 12.5 Å². The van der Waals surface area contributed by atoms with E-state index in [9.17, 15) is 13.2 Å². The first-order valence-corrected chi connectivity index (χ1v) is 7.31. The van der Waals surface area contributed by atoms with Crippen LogP contribution >= 0.6 is 12.4 Å². The fourth-order valence-corrected chi connectivity index (χ4v) is 3.13. The first-order valence-electron chi connectivity index (χ1n) is 7.31. The summed E-state index contributed by atoms with van der Waals surface area (Å²) in [5.41, 5.74) is -0.307. The van der Waals surface area contributed by atoms with Crippen molar-refractivity contribution in [3.63, 3.8) is 0 Å². The van der Waals surface area contributed by atoms with Crippen LogP contribution in [-0.2, 0) is 12.7 Å². The molecule has 9 heteroatoms. The van der Waals surface area contributed by atoms with E-state index in [1.54, 1.807) is 0 Å². The molecule has 0 spiro atoms. The molecule has 0 saturated carbocycles. The van der Waals surface area contributed by atoms with Crippen LogP contribution in [0.5, 0.6) is 0 Å². The number of alkyl halides is 3. The Kier molecular flexibility index (Phi) is 5.70. The molecular weight excluding hydrogens is 319 g/mol. The zero-order valence-electron chi connectivity index (χ0n) is 12.2. The van der Waals surface area contributed by atoms with Gasteiger partial charge in [0.1, 0.15) is 0 Å². The van der Waals surface area contributed by atoms with Crippen molar-refractivity contribution in [3.05, 3.63) is 17.5 Å². The molecule has 2 N–H and O–H groups in total. The van der Waals surface area contributed by atoms with E-state index in [4.69, 9.17) is 0 Å². The van der Waals surface area contributed by atoms with Gasteiger partial charge in [-0.25, -0.2) is 0 Å². The third-order valence-electron chi connectivity index (χ3n) is 4.23. The molecule has 126 valence electrons. The second-order valence-corrected chi connectivity index (χ2v) is 5.74. The molecule has 1 aromatic heterocycles. The minimum atomic E-state index is -4.37. The normalized spacial score (nSPS) is 24.4. The zero-order chi connectivity index (χ0) is 14.9. The maximum atomic E-state index is 12.5. The standard InChI is InChI=1S/C13H20F3N5.ClH/c14-13(15,16)12-7-10(18-19-12)8-20-4-1-11(9-20)21-5-2-17-3-6-21;/h7,11,17H,1-6,8-9H2,(H,18,19);1H. The number of likely N-dealkylation sites (tertiary alicyclic amines) is 1. The summed E-state index contributed by atoms with van der Waals surface area (Å²) in [6.45, 7) is 6.50. The maximum Gasteiger partial charge on any atom is 0.435 e. The van der Waals surface area contributed by atoms with E-state index in [0.717, 1.165) is 51.8 Å². The SMILES string of the molecule is Cl.FC(F)(F)c1cc(CN2CCC(N3CCNCC3)C2)[nH]n1. The van der Waals surface area contributed by atoms with Gasteiger partial charge in [0.05, 0.1) is 0 Å². The minimum Gasteiger partial charge on any atom is -0.314 e. The van der Waals surface area contributed by atoms with Crippen LogP contribution in [0.15, 0.2) is 6.07 Å². The fraction of sp³-hybridized carbons (Fsp3) is 0.769. The highest BCUT2D eigenvalue weighted by Gasteiger charge is 2.34. The molecule has 2 aliphatic rings. The van der Waals surface area contributed by atoms with Crippen LogP contribution in [0.1, 0.15) is 17.8 Å². The van der Waals surface area contributed by atoms with Crippen LogP contribution in [0.4, 0.5) is 13.2 Å². The zero-order valence-corrected chi connectivity index (χ0v) is 13.0. The highest BCUT2D eigenvalue weighted by molar-refractivity contribution is 5.85. The molecule has 1 aromatic rings. The largest absolute Gasteiger partial charge is 0.435 e. The highest BCUT2D eigenvalue weighted by atomic mass is 35.5. The van der Waals surface area contributed by atoms with Crippen molar-refractivity contribution >= 4 is 12.4 Å². The molecule has 0 aromatic carbocycles. The van der Waals surface area contributed by atoms with Gasteiger partial charge in [-0.1, -0.05) is 0 Å². The first-order chi connectivity index (χ1) is 10.0. The number of H-pyrrole nitrogens is 1. The number of hydrogen-bond donors (Lipinski definition) is 2. The van der Waals surface area contributed by atoms with E-state index in [0.29, 0.717) is 18.3 Å². The highest BCUT2D eigenvalue weighted by Crippen LogP contribution is 2.28. The van der Waals surface area contributed by atoms with Crippen molar-refractivity contribution < 1.29 is 13.2 Å². The van der Waals surface area contributed by atoms with Gasteiger partial charge in [0, 0.05) is 57.5 Å². The molecule has 0 radical (unpaired) electrons. The van der Waals surface area contributed by atoms with Crippen molar-refractivity contribution in [1.82, 2.24) is 25.3 Å². The summed E-state index contributed by atoms with van der Waals surface area (Å²) in [6, 6.07) is 1.63. The topological polar surface area (TPSA) is 47.2 Å². The lowest BCUT2D eigenvalue weighted by atomic mass is 10.2. The number of aromatic amines is 1. The van der Waals surface area contributed by atoms with Crippen LogP contribution in [0.2, 0.25) is 0 Å². The lowest BCUT2D eigenvalue weighted by Crippen LogP contribution is -2.49. The second-order valence-electron chi connectivity index (χ2n) is 5.74. The van der Waals surface area contributed by atoms with Crippen molar-refractivity contribution in [3.8, 4) is 0 Å². The quantitative estimate of drug-likeness (QED) is 0.872. The molecule has 3 rings (SSSR count). The number of aromatic nitrogens is 2. The summed E-state index contributed by atoms with van der Waals surface area (Å²) in [7, 11) is 0. The van der Waals surface area contributed by atoms with E-state index >= 15 is 0 Å². The Labute approximate surface area is 133 Å². The third-order valence-corrected chi connectivity index (χ3v) is 4.23. The number of nitrogens with one attached hydrogen (secondary N) is 2. The van der Waals surface area contributed by atoms with E-state index < -0.39 is 11.9 Å². The summed E-state index contributed by atoms with van der Waals surface area (Å²) >= 11 is 0. The van der Waals surface area contributed by atoms with Gasteiger partial charge >= 0.3 is 6.18 Å². The van der Waals surface area contributed by atoms with Gasteiger partial charge in [0.25, 0.3) is 0 Å². The number of hydrogen-bond acceptors (Lipinski definition) is 4. The van der Waals surface area contributed by atoms with Gasteiger partial charge in [-0.3, -0.25) is 14.9 Å². The molecule has 2 aliphatic heterocycles. The van der Waals surface area contributed by atoms with Crippen LogP contribution in [0, 0.1) is 0 Å². The molecule has 0 amide bonds. The summed E-state index contributed by atoms with van der Waals surface area (Å²) < 4.78 is 37.5. The minimum absolute atomic E-state index is 0. The first kappa shape index (κ1) is 17.5. The average Bonchev–Trinajstić information content (AvgIpc) is 3.09. The van der Waals surface area contributed by atoms with Gasteiger partial charge in [0.15, 0.2) is 5.69 Å². The number of nitrogens with zero attached hydrogens (tertiary/aromatic N) is 3. The summed E-state index contributed by atoms with van der Waals surface area (Å²) in [6.07, 6.45) is -3.29. The van der Waals surface area contributed by atoms with E-state index in [2.05, 4.69) is 25.3 Å². The van der Waals surface area contributed by atoms with Crippen LogP contribution in [-0.4, -0.2) is 65.3 Å². The Morgan fingerprint density at radius 2 is 1.95 bits per heavy atom. The van der Waals surface area contributed by atoms with Crippen molar-refractivity contribution in [2.24, 2.45) is 0 Å². The Balaban J connectivity index is 0.00000176. The van der Waals surface area contributed by atoms with Gasteiger partial charge in [0.2, 0.25) is 0 Å². The average molecular weight is 340 g/mol. The number of halogens is 4. The van der Waals surface area contributed by atoms with Crippen LogP contribution in [0.3, 0.4) is 0 Å². The molecule has 3 heterocycles. The maximum absolute atomic E-state index is 12.5. The molecule has 1 unspecified atom stereocenters. The lowest BCUT2D eigenvalue weighted by molar-refractivity contribution is -0.141. The van der Waals surface area contributed by atoms with Crippen molar-refractivity contribution in [2.45, 2.75) is 25.2 Å². The second kappa shape index (κ2) is 7.16. The Morgan fingerprint density at radius 1 is 1.23 bits per heavy atom. The molecule has 22 heavy (non-hydrogen) atoms. The molecular formula is C13H21ClF3N5. The van der Waals surface area contributed by atoms with Gasteiger partial charge in [-0.15, -0.1) is 12.4 Å². The Hall–Kier alpha value is -0.830. The van der Waals surface area contributed by atoms with Crippen molar-refractivity contribution in [2.75, 3.05) is 39.3 Å². The van der Waals surface area contributed by atoms with Gasteiger partial charge < -0.3 is 5.32 Å². The molecule has 5 nitrogen and oxygen atoms in total. The molecule has 1 atom stereocenters.